The van der Waals surface area contributed by atoms with Crippen LogP contribution in [0.4, 0.5) is 5.95 Å². The first-order valence-corrected chi connectivity index (χ1v) is 8.81. The van der Waals surface area contributed by atoms with Crippen molar-refractivity contribution < 1.29 is 0 Å². The van der Waals surface area contributed by atoms with Gasteiger partial charge in [0.15, 0.2) is 0 Å². The quantitative estimate of drug-likeness (QED) is 0.572. The molecule has 1 aromatic carbocycles. The van der Waals surface area contributed by atoms with Crippen molar-refractivity contribution in [3.05, 3.63) is 47.0 Å². The van der Waals surface area contributed by atoms with E-state index in [0.717, 1.165) is 35.1 Å². The van der Waals surface area contributed by atoms with Crippen LogP contribution >= 0.6 is 23.2 Å². The minimum atomic E-state index is 0.275. The summed E-state index contributed by atoms with van der Waals surface area (Å²) in [6.07, 6.45) is 5.80. The topological polar surface area (TPSA) is 87.4 Å². The van der Waals surface area contributed by atoms with Crippen LogP contribution in [0.1, 0.15) is 13.3 Å². The Labute approximate surface area is 159 Å². The Morgan fingerprint density at radius 2 is 2.00 bits per heavy atom. The van der Waals surface area contributed by atoms with Gasteiger partial charge in [-0.15, -0.1) is 0 Å². The Bertz CT molecular complexity index is 1100. The average Bonchev–Trinajstić information content (AvgIpc) is 3.19. The van der Waals surface area contributed by atoms with Crippen LogP contribution in [0.5, 0.6) is 0 Å². The number of imidazole rings is 1. The third kappa shape index (κ3) is 2.69. The number of benzene rings is 1. The summed E-state index contributed by atoms with van der Waals surface area (Å²) in [4.78, 5) is 13.0. The Kier molecular flexibility index (Phi) is 4.26. The molecule has 0 atom stereocenters. The lowest BCUT2D eigenvalue weighted by Crippen LogP contribution is -2.11. The predicted octanol–water partition coefficient (Wildman–Crippen LogP) is 3.98. The van der Waals surface area contributed by atoms with Crippen molar-refractivity contribution in [1.82, 2.24) is 29.3 Å². The molecular weight excluding hydrogens is 373 g/mol. The van der Waals surface area contributed by atoms with E-state index in [4.69, 9.17) is 28.9 Å². The Balaban J connectivity index is 2.04. The highest BCUT2D eigenvalue weighted by Gasteiger charge is 2.19. The molecule has 0 saturated heterocycles. The van der Waals surface area contributed by atoms with Crippen molar-refractivity contribution in [1.29, 1.82) is 0 Å². The number of hydrogen-bond donors (Lipinski definition) is 1. The zero-order valence-electron chi connectivity index (χ0n) is 13.9. The van der Waals surface area contributed by atoms with Crippen LogP contribution in [0.3, 0.4) is 0 Å². The molecule has 26 heavy (non-hydrogen) atoms. The summed E-state index contributed by atoms with van der Waals surface area (Å²) in [5, 5.41) is 5.32. The van der Waals surface area contributed by atoms with Gasteiger partial charge in [-0.3, -0.25) is 4.98 Å². The lowest BCUT2D eigenvalue weighted by Gasteiger charge is -2.11. The smallest absolute Gasteiger partial charge is 0.235 e. The number of aryl methyl sites for hydroxylation is 1. The maximum absolute atomic E-state index is 6.44. The van der Waals surface area contributed by atoms with E-state index in [-0.39, 0.29) is 5.95 Å². The molecule has 9 heteroatoms. The molecule has 0 unspecified atom stereocenters. The first-order chi connectivity index (χ1) is 12.6. The molecule has 0 amide bonds. The largest absolute Gasteiger partial charge is 0.368 e. The zero-order chi connectivity index (χ0) is 18.3. The Morgan fingerprint density at radius 1 is 1.15 bits per heavy atom. The molecule has 0 radical (unpaired) electrons. The summed E-state index contributed by atoms with van der Waals surface area (Å²) in [5.74, 6) is 0.868. The van der Waals surface area contributed by atoms with E-state index in [0.29, 0.717) is 16.0 Å². The van der Waals surface area contributed by atoms with Gasteiger partial charge in [-0.25, -0.2) is 4.98 Å². The van der Waals surface area contributed by atoms with Crippen molar-refractivity contribution >= 4 is 40.2 Å². The fraction of sp³-hybridized carbons (Fsp3) is 0.176. The van der Waals surface area contributed by atoms with Gasteiger partial charge in [0.2, 0.25) is 11.9 Å². The fourth-order valence-corrected chi connectivity index (χ4v) is 3.49. The van der Waals surface area contributed by atoms with Crippen LogP contribution in [0.2, 0.25) is 10.0 Å². The third-order valence-electron chi connectivity index (χ3n) is 4.06. The first-order valence-electron chi connectivity index (χ1n) is 8.05. The molecule has 0 aliphatic rings. The minimum Gasteiger partial charge on any atom is -0.368 e. The van der Waals surface area contributed by atoms with E-state index in [2.05, 4.69) is 31.5 Å². The number of fused-ring (bicyclic) bond motifs is 1. The Morgan fingerprint density at radius 3 is 2.69 bits per heavy atom. The van der Waals surface area contributed by atoms with E-state index in [1.165, 1.54) is 11.0 Å². The van der Waals surface area contributed by atoms with Crippen molar-refractivity contribution in [2.24, 2.45) is 0 Å². The molecule has 0 spiro atoms. The van der Waals surface area contributed by atoms with Gasteiger partial charge in [-0.1, -0.05) is 36.2 Å². The average molecular weight is 388 g/mol. The lowest BCUT2D eigenvalue weighted by molar-refractivity contribution is 0.654. The minimum absolute atomic E-state index is 0.275. The lowest BCUT2D eigenvalue weighted by atomic mass is 10.1. The van der Waals surface area contributed by atoms with E-state index in [1.54, 1.807) is 24.5 Å². The van der Waals surface area contributed by atoms with Gasteiger partial charge in [0, 0.05) is 28.9 Å². The summed E-state index contributed by atoms with van der Waals surface area (Å²) in [6.45, 7) is 2.82. The molecule has 4 rings (SSSR count). The van der Waals surface area contributed by atoms with Crippen LogP contribution in [-0.4, -0.2) is 29.3 Å². The second-order valence-electron chi connectivity index (χ2n) is 5.77. The van der Waals surface area contributed by atoms with E-state index >= 15 is 0 Å². The van der Waals surface area contributed by atoms with Gasteiger partial charge in [0.1, 0.15) is 11.8 Å². The molecule has 0 bridgehead atoms. The first kappa shape index (κ1) is 16.8. The number of halogens is 2. The maximum Gasteiger partial charge on any atom is 0.235 e. The van der Waals surface area contributed by atoms with Gasteiger partial charge >= 0.3 is 0 Å². The van der Waals surface area contributed by atoms with Gasteiger partial charge in [0.05, 0.1) is 16.7 Å². The SMILES string of the molecule is CCCn1c(-n2ncnc2N)nc2cncc(-c3ccc(Cl)cc3Cl)c21. The molecule has 3 heterocycles. The molecule has 4 aromatic rings. The second kappa shape index (κ2) is 6.59. The predicted molar refractivity (Wildman–Crippen MR) is 103 cm³/mol. The number of aromatic nitrogens is 6. The zero-order valence-corrected chi connectivity index (χ0v) is 15.4. The normalized spacial score (nSPS) is 11.3. The van der Waals surface area contributed by atoms with Gasteiger partial charge in [-0.05, 0) is 18.6 Å². The highest BCUT2D eigenvalue weighted by molar-refractivity contribution is 6.36. The second-order valence-corrected chi connectivity index (χ2v) is 6.62. The van der Waals surface area contributed by atoms with Gasteiger partial charge in [-0.2, -0.15) is 14.8 Å². The molecule has 0 fully saturated rings. The molecule has 0 saturated carbocycles. The summed E-state index contributed by atoms with van der Waals surface area (Å²) in [7, 11) is 0. The molecule has 7 nitrogen and oxygen atoms in total. The third-order valence-corrected chi connectivity index (χ3v) is 4.61. The van der Waals surface area contributed by atoms with Crippen LogP contribution in [0.25, 0.3) is 28.1 Å². The van der Waals surface area contributed by atoms with E-state index in [9.17, 15) is 0 Å². The number of nitrogens with zero attached hydrogens (tertiary/aromatic N) is 6. The van der Waals surface area contributed by atoms with E-state index in [1.807, 2.05) is 6.07 Å². The fourth-order valence-electron chi connectivity index (χ4n) is 2.98. The summed E-state index contributed by atoms with van der Waals surface area (Å²) in [5.41, 5.74) is 9.28. The van der Waals surface area contributed by atoms with Crippen molar-refractivity contribution in [2.75, 3.05) is 5.73 Å². The maximum atomic E-state index is 6.44. The van der Waals surface area contributed by atoms with E-state index < -0.39 is 0 Å². The number of pyridine rings is 1. The number of hydrogen-bond acceptors (Lipinski definition) is 5. The number of anilines is 1. The molecule has 3 aromatic heterocycles. The van der Waals surface area contributed by atoms with Crippen molar-refractivity contribution in [3.63, 3.8) is 0 Å². The van der Waals surface area contributed by atoms with Crippen LogP contribution in [0, 0.1) is 0 Å². The van der Waals surface area contributed by atoms with Crippen LogP contribution in [0.15, 0.2) is 36.9 Å². The van der Waals surface area contributed by atoms with Gasteiger partial charge in [0.25, 0.3) is 0 Å². The molecule has 132 valence electrons. The summed E-state index contributed by atoms with van der Waals surface area (Å²) in [6, 6.07) is 5.40. The summed E-state index contributed by atoms with van der Waals surface area (Å²) >= 11 is 12.5. The number of nitrogens with two attached hydrogens (primary N) is 1. The molecular formula is C17H15Cl2N7. The van der Waals surface area contributed by atoms with Crippen LogP contribution < -0.4 is 5.73 Å². The number of rotatable bonds is 4. The molecule has 0 aliphatic carbocycles. The molecule has 2 N–H and O–H groups in total. The Hall–Kier alpha value is -2.64. The summed E-state index contributed by atoms with van der Waals surface area (Å²) < 4.78 is 3.57. The van der Waals surface area contributed by atoms with Gasteiger partial charge < -0.3 is 10.3 Å². The number of nitrogen functional groups attached to an aromatic ring is 1. The highest BCUT2D eigenvalue weighted by atomic mass is 35.5. The standard InChI is InChI=1S/C17H15Cl2N7/c1-2-5-25-15-12(11-4-3-10(18)6-13(11)19)7-21-8-14(15)24-17(25)26-16(20)22-9-23-26/h3-4,6-9H,2,5H2,1H3,(H2,20,22,23). The van der Waals surface area contributed by atoms with Crippen molar-refractivity contribution in [3.8, 4) is 17.1 Å². The monoisotopic (exact) mass is 387 g/mol. The highest BCUT2D eigenvalue weighted by Crippen LogP contribution is 2.35. The molecule has 0 aliphatic heterocycles. The van der Waals surface area contributed by atoms with Crippen LogP contribution in [-0.2, 0) is 6.54 Å². The van der Waals surface area contributed by atoms with Crippen molar-refractivity contribution in [2.45, 2.75) is 19.9 Å².